The summed E-state index contributed by atoms with van der Waals surface area (Å²) in [6.07, 6.45) is 0. The highest BCUT2D eigenvalue weighted by Gasteiger charge is 2.28. The Balaban J connectivity index is 1.44. The highest BCUT2D eigenvalue weighted by atomic mass is 32.2. The van der Waals surface area contributed by atoms with E-state index in [1.54, 1.807) is 18.2 Å². The molecule has 0 atom stereocenters. The van der Waals surface area contributed by atoms with Crippen molar-refractivity contribution < 1.29 is 31.9 Å². The largest absolute Gasteiger partial charge is 0.452 e. The fourth-order valence-electron chi connectivity index (χ4n) is 3.06. The van der Waals surface area contributed by atoms with E-state index in [0.29, 0.717) is 16.7 Å². The van der Waals surface area contributed by atoms with Gasteiger partial charge < -0.3 is 14.8 Å². The number of nitrogens with zero attached hydrogens (tertiary/aromatic N) is 3. The Labute approximate surface area is 186 Å². The van der Waals surface area contributed by atoms with Gasteiger partial charge in [-0.25, -0.2) is 17.6 Å². The van der Waals surface area contributed by atoms with E-state index in [-0.39, 0.29) is 31.2 Å². The molecule has 1 saturated heterocycles. The zero-order valence-corrected chi connectivity index (χ0v) is 18.1. The number of sulfonamides is 1. The maximum absolute atomic E-state index is 14.2. The van der Waals surface area contributed by atoms with Crippen LogP contribution in [-0.4, -0.2) is 66.3 Å². The topological polar surface area (TPSA) is 128 Å². The monoisotopic (exact) mass is 480 g/mol. The van der Waals surface area contributed by atoms with Gasteiger partial charge in [0.2, 0.25) is 10.0 Å². The Morgan fingerprint density at radius 1 is 1.19 bits per heavy atom. The Morgan fingerprint density at radius 3 is 2.75 bits per heavy atom. The summed E-state index contributed by atoms with van der Waals surface area (Å²) in [5, 5.41) is 2.55. The second-order valence-corrected chi connectivity index (χ2v) is 9.19. The van der Waals surface area contributed by atoms with Crippen LogP contribution in [0.15, 0.2) is 41.3 Å². The molecule has 1 aliphatic heterocycles. The van der Waals surface area contributed by atoms with Gasteiger partial charge in [-0.15, -0.1) is 0 Å². The first-order chi connectivity index (χ1) is 15.4. The van der Waals surface area contributed by atoms with Gasteiger partial charge in [0.25, 0.3) is 5.91 Å². The first kappa shape index (κ1) is 22.2. The second-order valence-electron chi connectivity index (χ2n) is 6.72. The molecule has 2 aromatic carbocycles. The molecule has 1 fully saturated rings. The SMILES string of the molecule is O=C(COC(=O)c1cc(S(=O)(=O)N2CCOCC2)ccc1F)Nc1cccc2nsnc12. The summed E-state index contributed by atoms with van der Waals surface area (Å²) in [7, 11) is -3.93. The molecule has 13 heteroatoms. The van der Waals surface area contributed by atoms with Crippen LogP contribution in [0.4, 0.5) is 10.1 Å². The number of nitrogens with one attached hydrogen (secondary N) is 1. The molecule has 0 saturated carbocycles. The summed E-state index contributed by atoms with van der Waals surface area (Å²) < 4.78 is 59.1. The third-order valence-corrected chi connectivity index (χ3v) is 7.10. The lowest BCUT2D eigenvalue weighted by Gasteiger charge is -2.26. The lowest BCUT2D eigenvalue weighted by Crippen LogP contribution is -2.40. The minimum Gasteiger partial charge on any atom is -0.452 e. The van der Waals surface area contributed by atoms with Crippen molar-refractivity contribution >= 4 is 50.3 Å². The second kappa shape index (κ2) is 9.24. The van der Waals surface area contributed by atoms with Crippen molar-refractivity contribution in [1.29, 1.82) is 0 Å². The molecule has 1 aromatic heterocycles. The Morgan fingerprint density at radius 2 is 1.97 bits per heavy atom. The predicted molar refractivity (Wildman–Crippen MR) is 112 cm³/mol. The molecular weight excluding hydrogens is 463 g/mol. The summed E-state index contributed by atoms with van der Waals surface area (Å²) in [4.78, 5) is 24.3. The molecule has 1 aliphatic rings. The third-order valence-electron chi connectivity index (χ3n) is 4.66. The molecule has 0 spiro atoms. The lowest BCUT2D eigenvalue weighted by atomic mass is 10.2. The van der Waals surface area contributed by atoms with E-state index in [0.717, 1.165) is 29.9 Å². The Bertz CT molecular complexity index is 1270. The standard InChI is InChI=1S/C19H17FN4O6S2/c20-14-5-4-12(32(27,28)24-6-8-29-9-7-24)10-13(14)19(26)30-11-17(25)21-15-2-1-3-16-18(15)23-31-22-16/h1-5,10H,6-9,11H2,(H,21,25). The highest BCUT2D eigenvalue weighted by Crippen LogP contribution is 2.22. The van der Waals surface area contributed by atoms with Crippen LogP contribution in [0.2, 0.25) is 0 Å². The van der Waals surface area contributed by atoms with E-state index < -0.39 is 39.9 Å². The van der Waals surface area contributed by atoms with Gasteiger partial charge in [-0.1, -0.05) is 6.07 Å². The van der Waals surface area contributed by atoms with E-state index in [4.69, 9.17) is 9.47 Å². The summed E-state index contributed by atoms with van der Waals surface area (Å²) in [5.41, 5.74) is 0.898. The summed E-state index contributed by atoms with van der Waals surface area (Å²) in [6, 6.07) is 7.88. The van der Waals surface area contributed by atoms with Crippen molar-refractivity contribution in [3.8, 4) is 0 Å². The van der Waals surface area contributed by atoms with Crippen LogP contribution < -0.4 is 5.32 Å². The molecule has 0 radical (unpaired) electrons. The smallest absolute Gasteiger partial charge is 0.341 e. The Kier molecular flexibility index (Phi) is 6.41. The van der Waals surface area contributed by atoms with Crippen molar-refractivity contribution in [2.45, 2.75) is 4.90 Å². The summed E-state index contributed by atoms with van der Waals surface area (Å²) in [6.45, 7) is 0.0960. The number of benzene rings is 2. The van der Waals surface area contributed by atoms with Crippen LogP contribution in [0.25, 0.3) is 11.0 Å². The van der Waals surface area contributed by atoms with Gasteiger partial charge in [0, 0.05) is 13.1 Å². The van der Waals surface area contributed by atoms with Crippen LogP contribution in [0.5, 0.6) is 0 Å². The number of amides is 1. The zero-order valence-electron chi connectivity index (χ0n) is 16.5. The van der Waals surface area contributed by atoms with Crippen LogP contribution in [-0.2, 0) is 24.3 Å². The molecule has 3 aromatic rings. The van der Waals surface area contributed by atoms with Gasteiger partial charge in [-0.05, 0) is 30.3 Å². The molecule has 0 aliphatic carbocycles. The maximum atomic E-state index is 14.2. The first-order valence-corrected chi connectivity index (χ1v) is 11.6. The molecule has 168 valence electrons. The maximum Gasteiger partial charge on any atom is 0.341 e. The van der Waals surface area contributed by atoms with Crippen LogP contribution in [0.3, 0.4) is 0 Å². The molecular formula is C19H17FN4O6S2. The number of carbonyl (C=O) groups is 2. The van der Waals surface area contributed by atoms with Gasteiger partial charge in [0.05, 0.1) is 41.1 Å². The number of esters is 1. The number of halogens is 1. The van der Waals surface area contributed by atoms with Crippen molar-refractivity contribution in [1.82, 2.24) is 13.1 Å². The van der Waals surface area contributed by atoms with Gasteiger partial charge in [0.1, 0.15) is 16.9 Å². The minimum atomic E-state index is -3.93. The van der Waals surface area contributed by atoms with Gasteiger partial charge in [-0.3, -0.25) is 4.79 Å². The number of hydrogen-bond donors (Lipinski definition) is 1. The average Bonchev–Trinajstić information content (AvgIpc) is 3.28. The van der Waals surface area contributed by atoms with Crippen LogP contribution in [0.1, 0.15) is 10.4 Å². The highest BCUT2D eigenvalue weighted by molar-refractivity contribution is 7.89. The molecule has 2 heterocycles. The van der Waals surface area contributed by atoms with Gasteiger partial charge in [-0.2, -0.15) is 13.1 Å². The fourth-order valence-corrected chi connectivity index (χ4v) is 5.04. The van der Waals surface area contributed by atoms with Crippen LogP contribution in [0, 0.1) is 5.82 Å². The van der Waals surface area contributed by atoms with Crippen molar-refractivity contribution in [3.05, 3.63) is 47.8 Å². The van der Waals surface area contributed by atoms with Crippen molar-refractivity contribution in [3.63, 3.8) is 0 Å². The van der Waals surface area contributed by atoms with E-state index in [1.807, 2.05) is 0 Å². The number of fused-ring (bicyclic) bond motifs is 1. The molecule has 0 bridgehead atoms. The first-order valence-electron chi connectivity index (χ1n) is 9.42. The Hall–Kier alpha value is -3.00. The van der Waals surface area contributed by atoms with E-state index >= 15 is 0 Å². The zero-order chi connectivity index (χ0) is 22.7. The van der Waals surface area contributed by atoms with Gasteiger partial charge in [0.15, 0.2) is 6.61 Å². The molecule has 0 unspecified atom stereocenters. The third kappa shape index (κ3) is 4.60. The normalized spacial score (nSPS) is 14.9. The number of rotatable bonds is 6. The molecule has 32 heavy (non-hydrogen) atoms. The number of ether oxygens (including phenoxy) is 2. The minimum absolute atomic E-state index is 0.154. The number of aromatic nitrogens is 2. The van der Waals surface area contributed by atoms with E-state index in [2.05, 4.69) is 14.1 Å². The van der Waals surface area contributed by atoms with Crippen molar-refractivity contribution in [2.75, 3.05) is 38.2 Å². The molecule has 10 nitrogen and oxygen atoms in total. The number of morpholine rings is 1. The molecule has 4 rings (SSSR count). The summed E-state index contributed by atoms with van der Waals surface area (Å²) in [5.74, 6) is -2.80. The van der Waals surface area contributed by atoms with E-state index in [1.165, 1.54) is 4.31 Å². The number of anilines is 1. The lowest BCUT2D eigenvalue weighted by molar-refractivity contribution is -0.119. The summed E-state index contributed by atoms with van der Waals surface area (Å²) >= 11 is 0.987. The quantitative estimate of drug-likeness (QED) is 0.528. The molecule has 1 N–H and O–H groups in total. The average molecular weight is 480 g/mol. The molecule has 1 amide bonds. The predicted octanol–water partition coefficient (Wildman–Crippen LogP) is 1.65. The van der Waals surface area contributed by atoms with Crippen LogP contribution >= 0.6 is 11.7 Å². The van der Waals surface area contributed by atoms with Crippen molar-refractivity contribution in [2.24, 2.45) is 0 Å². The number of hydrogen-bond acceptors (Lipinski definition) is 9. The van der Waals surface area contributed by atoms with Gasteiger partial charge >= 0.3 is 5.97 Å². The van der Waals surface area contributed by atoms with E-state index in [9.17, 15) is 22.4 Å². The number of carbonyl (C=O) groups excluding carboxylic acids is 2. The fraction of sp³-hybridized carbons (Fsp3) is 0.263.